The standard InChI is InChI=1S/C25H28N2O3/c1-18-8-11-20(12-9-18)27-25(28)17-30-24-13-10-19-5-2-3-7-22(19)23(24)16-26-15-21-6-4-14-29-21/h2-3,5,7-13,21,26H,4,6,14-17H2,1H3,(H,27,28)/t21-/m0/s1. The third kappa shape index (κ3) is 5.17. The number of ether oxygens (including phenoxy) is 2. The minimum Gasteiger partial charge on any atom is -0.483 e. The van der Waals surface area contributed by atoms with Gasteiger partial charge in [-0.2, -0.15) is 0 Å². The van der Waals surface area contributed by atoms with Gasteiger partial charge in [-0.3, -0.25) is 4.79 Å². The van der Waals surface area contributed by atoms with Crippen LogP contribution in [0.3, 0.4) is 0 Å². The maximum absolute atomic E-state index is 12.4. The van der Waals surface area contributed by atoms with E-state index in [4.69, 9.17) is 9.47 Å². The minimum absolute atomic E-state index is 0.0368. The molecule has 3 aromatic carbocycles. The zero-order chi connectivity index (χ0) is 20.8. The van der Waals surface area contributed by atoms with Gasteiger partial charge in [-0.05, 0) is 48.7 Å². The van der Waals surface area contributed by atoms with Gasteiger partial charge in [0, 0.05) is 30.9 Å². The van der Waals surface area contributed by atoms with Crippen molar-refractivity contribution in [3.63, 3.8) is 0 Å². The second-order valence-corrected chi connectivity index (χ2v) is 7.73. The summed E-state index contributed by atoms with van der Waals surface area (Å²) in [4.78, 5) is 12.4. The van der Waals surface area contributed by atoms with E-state index in [0.29, 0.717) is 6.54 Å². The largest absolute Gasteiger partial charge is 0.483 e. The Morgan fingerprint density at radius 1 is 1.10 bits per heavy atom. The number of hydrogen-bond acceptors (Lipinski definition) is 4. The fraction of sp³-hybridized carbons (Fsp3) is 0.320. The molecule has 0 radical (unpaired) electrons. The van der Waals surface area contributed by atoms with E-state index in [9.17, 15) is 4.79 Å². The van der Waals surface area contributed by atoms with Crippen molar-refractivity contribution >= 4 is 22.4 Å². The monoisotopic (exact) mass is 404 g/mol. The van der Waals surface area contributed by atoms with Gasteiger partial charge in [0.15, 0.2) is 6.61 Å². The lowest BCUT2D eigenvalue weighted by molar-refractivity contribution is -0.118. The van der Waals surface area contributed by atoms with Crippen molar-refractivity contribution in [3.8, 4) is 5.75 Å². The van der Waals surface area contributed by atoms with E-state index in [1.54, 1.807) is 0 Å². The van der Waals surface area contributed by atoms with E-state index in [0.717, 1.165) is 59.3 Å². The van der Waals surface area contributed by atoms with Crippen LogP contribution in [0.15, 0.2) is 60.7 Å². The number of aryl methyl sites for hydroxylation is 1. The predicted octanol–water partition coefficient (Wildman–Crippen LogP) is 4.43. The lowest BCUT2D eigenvalue weighted by atomic mass is 10.0. The number of nitrogens with one attached hydrogen (secondary N) is 2. The Labute approximate surface area is 177 Å². The molecule has 0 aromatic heterocycles. The summed E-state index contributed by atoms with van der Waals surface area (Å²) in [6.07, 6.45) is 2.51. The van der Waals surface area contributed by atoms with Crippen LogP contribution in [0.25, 0.3) is 10.8 Å². The van der Waals surface area contributed by atoms with E-state index in [2.05, 4.69) is 22.8 Å². The highest BCUT2D eigenvalue weighted by atomic mass is 16.5. The average Bonchev–Trinajstić information content (AvgIpc) is 3.28. The van der Waals surface area contributed by atoms with E-state index in [1.165, 1.54) is 0 Å². The minimum atomic E-state index is -0.176. The molecule has 1 atom stereocenters. The van der Waals surface area contributed by atoms with Gasteiger partial charge in [0.05, 0.1) is 6.10 Å². The Hall–Kier alpha value is -2.89. The SMILES string of the molecule is Cc1ccc(NC(=O)COc2ccc3ccccc3c2CNC[C@@H]2CCCO2)cc1. The van der Waals surface area contributed by atoms with Gasteiger partial charge in [-0.25, -0.2) is 0 Å². The fourth-order valence-electron chi connectivity index (χ4n) is 3.77. The van der Waals surface area contributed by atoms with Gasteiger partial charge in [0.25, 0.3) is 5.91 Å². The number of hydrogen-bond donors (Lipinski definition) is 2. The second-order valence-electron chi connectivity index (χ2n) is 7.73. The lowest BCUT2D eigenvalue weighted by Crippen LogP contribution is -2.26. The molecule has 0 aliphatic carbocycles. The quantitative estimate of drug-likeness (QED) is 0.583. The maximum Gasteiger partial charge on any atom is 0.262 e. The maximum atomic E-state index is 12.4. The van der Waals surface area contributed by atoms with Crippen LogP contribution in [0.4, 0.5) is 5.69 Å². The summed E-state index contributed by atoms with van der Waals surface area (Å²) >= 11 is 0. The summed E-state index contributed by atoms with van der Waals surface area (Å²) in [7, 11) is 0. The van der Waals surface area contributed by atoms with Crippen molar-refractivity contribution in [2.24, 2.45) is 0 Å². The molecule has 156 valence electrons. The van der Waals surface area contributed by atoms with Crippen LogP contribution in [0, 0.1) is 6.92 Å². The van der Waals surface area contributed by atoms with Crippen molar-refractivity contribution in [3.05, 3.63) is 71.8 Å². The summed E-state index contributed by atoms with van der Waals surface area (Å²) in [5.74, 6) is 0.554. The molecule has 4 rings (SSSR count). The third-order valence-electron chi connectivity index (χ3n) is 5.39. The van der Waals surface area contributed by atoms with E-state index >= 15 is 0 Å². The van der Waals surface area contributed by atoms with Gasteiger partial charge < -0.3 is 20.1 Å². The van der Waals surface area contributed by atoms with Crippen LogP contribution in [-0.2, 0) is 16.1 Å². The number of rotatable bonds is 8. The molecule has 30 heavy (non-hydrogen) atoms. The summed E-state index contributed by atoms with van der Waals surface area (Å²) in [5.41, 5.74) is 2.99. The Morgan fingerprint density at radius 3 is 2.73 bits per heavy atom. The lowest BCUT2D eigenvalue weighted by Gasteiger charge is -2.16. The zero-order valence-electron chi connectivity index (χ0n) is 17.3. The topological polar surface area (TPSA) is 59.6 Å². The predicted molar refractivity (Wildman–Crippen MR) is 120 cm³/mol. The molecular weight excluding hydrogens is 376 g/mol. The number of amides is 1. The van der Waals surface area contributed by atoms with Crippen molar-refractivity contribution in [2.75, 3.05) is 25.1 Å². The molecule has 2 N–H and O–H groups in total. The van der Waals surface area contributed by atoms with Gasteiger partial charge in [-0.15, -0.1) is 0 Å². The molecule has 1 aliphatic rings. The van der Waals surface area contributed by atoms with E-state index in [-0.39, 0.29) is 18.6 Å². The Morgan fingerprint density at radius 2 is 1.93 bits per heavy atom. The molecule has 1 saturated heterocycles. The molecule has 3 aromatic rings. The molecule has 1 aliphatic heterocycles. The molecule has 0 unspecified atom stereocenters. The molecular formula is C25H28N2O3. The normalized spacial score (nSPS) is 16.0. The molecule has 5 heteroatoms. The number of carbonyl (C=O) groups excluding carboxylic acids is 1. The van der Waals surface area contributed by atoms with Crippen molar-refractivity contribution in [2.45, 2.75) is 32.4 Å². The number of benzene rings is 3. The summed E-state index contributed by atoms with van der Waals surface area (Å²) < 4.78 is 11.6. The number of anilines is 1. The van der Waals surface area contributed by atoms with E-state index in [1.807, 2.05) is 55.5 Å². The first-order valence-corrected chi connectivity index (χ1v) is 10.5. The number of carbonyl (C=O) groups is 1. The molecule has 0 saturated carbocycles. The zero-order valence-corrected chi connectivity index (χ0v) is 17.3. The first-order chi connectivity index (χ1) is 14.7. The van der Waals surface area contributed by atoms with Gasteiger partial charge in [-0.1, -0.05) is 48.0 Å². The van der Waals surface area contributed by atoms with Crippen LogP contribution in [-0.4, -0.2) is 31.8 Å². The molecule has 1 amide bonds. The Kier molecular flexibility index (Phi) is 6.62. The van der Waals surface area contributed by atoms with Crippen LogP contribution in [0.2, 0.25) is 0 Å². The van der Waals surface area contributed by atoms with Gasteiger partial charge >= 0.3 is 0 Å². The smallest absolute Gasteiger partial charge is 0.262 e. The van der Waals surface area contributed by atoms with Crippen LogP contribution >= 0.6 is 0 Å². The van der Waals surface area contributed by atoms with Crippen molar-refractivity contribution < 1.29 is 14.3 Å². The second kappa shape index (κ2) is 9.74. The molecule has 0 spiro atoms. The van der Waals surface area contributed by atoms with Crippen molar-refractivity contribution in [1.29, 1.82) is 0 Å². The third-order valence-corrected chi connectivity index (χ3v) is 5.39. The highest BCUT2D eigenvalue weighted by Gasteiger charge is 2.16. The van der Waals surface area contributed by atoms with Crippen LogP contribution < -0.4 is 15.4 Å². The van der Waals surface area contributed by atoms with Crippen LogP contribution in [0.5, 0.6) is 5.75 Å². The number of fused-ring (bicyclic) bond motifs is 1. The molecule has 5 nitrogen and oxygen atoms in total. The highest BCUT2D eigenvalue weighted by Crippen LogP contribution is 2.28. The first-order valence-electron chi connectivity index (χ1n) is 10.5. The molecule has 0 bridgehead atoms. The molecule has 1 fully saturated rings. The van der Waals surface area contributed by atoms with Crippen LogP contribution in [0.1, 0.15) is 24.0 Å². The Bertz CT molecular complexity index is 995. The average molecular weight is 405 g/mol. The van der Waals surface area contributed by atoms with E-state index < -0.39 is 0 Å². The molecule has 1 heterocycles. The van der Waals surface area contributed by atoms with Gasteiger partial charge in [0.2, 0.25) is 0 Å². The highest BCUT2D eigenvalue weighted by molar-refractivity contribution is 5.92. The summed E-state index contributed by atoms with van der Waals surface area (Å²) in [5, 5.41) is 8.67. The van der Waals surface area contributed by atoms with Crippen molar-refractivity contribution in [1.82, 2.24) is 5.32 Å². The van der Waals surface area contributed by atoms with Gasteiger partial charge in [0.1, 0.15) is 5.75 Å². The Balaban J connectivity index is 1.43. The summed E-state index contributed by atoms with van der Waals surface area (Å²) in [6.45, 7) is 4.31. The summed E-state index contributed by atoms with van der Waals surface area (Å²) in [6, 6.07) is 19.9. The fourth-order valence-corrected chi connectivity index (χ4v) is 3.77. The first kappa shape index (κ1) is 20.4.